The van der Waals surface area contributed by atoms with Gasteiger partial charge in [0.15, 0.2) is 0 Å². The van der Waals surface area contributed by atoms with Gasteiger partial charge in [0.05, 0.1) is 10.6 Å². The van der Waals surface area contributed by atoms with E-state index in [1.165, 1.54) is 11.4 Å². The van der Waals surface area contributed by atoms with E-state index < -0.39 is 10.0 Å². The lowest BCUT2D eigenvalue weighted by atomic mass is 10.1. The minimum Gasteiger partial charge on any atom is -0.350 e. The zero-order chi connectivity index (χ0) is 18.4. The molecule has 1 N–H and O–H groups in total. The van der Waals surface area contributed by atoms with Gasteiger partial charge >= 0.3 is 0 Å². The standard InChI is InChI=1S/C19H24N2O3S/c1-4-9-15(2)20-19(22)16-10-8-11-17(14-16)21(3)25(23,24)18-12-6-5-7-13-18/h5-8,10-15H,4,9H2,1-3H3,(H,20,22)/t15-/m0/s1. The summed E-state index contributed by atoms with van der Waals surface area (Å²) in [4.78, 5) is 12.6. The second-order valence-electron chi connectivity index (χ2n) is 6.00. The Bertz CT molecular complexity index is 820. The quantitative estimate of drug-likeness (QED) is 0.822. The number of hydrogen-bond acceptors (Lipinski definition) is 3. The van der Waals surface area contributed by atoms with E-state index in [4.69, 9.17) is 0 Å². The molecule has 134 valence electrons. The van der Waals surface area contributed by atoms with Crippen LogP contribution < -0.4 is 9.62 Å². The zero-order valence-corrected chi connectivity index (χ0v) is 15.6. The number of anilines is 1. The van der Waals surface area contributed by atoms with Crippen molar-refractivity contribution in [1.82, 2.24) is 5.32 Å². The highest BCUT2D eigenvalue weighted by atomic mass is 32.2. The molecule has 0 spiro atoms. The molecule has 2 aromatic carbocycles. The van der Waals surface area contributed by atoms with E-state index >= 15 is 0 Å². The van der Waals surface area contributed by atoms with Crippen LogP contribution in [0.1, 0.15) is 37.0 Å². The lowest BCUT2D eigenvalue weighted by Crippen LogP contribution is -2.32. The first-order valence-electron chi connectivity index (χ1n) is 8.31. The van der Waals surface area contributed by atoms with Crippen LogP contribution in [0, 0.1) is 0 Å². The molecular weight excluding hydrogens is 336 g/mol. The van der Waals surface area contributed by atoms with Crippen molar-refractivity contribution in [3.63, 3.8) is 0 Å². The molecule has 0 fully saturated rings. The van der Waals surface area contributed by atoms with Crippen LogP contribution in [-0.4, -0.2) is 27.4 Å². The van der Waals surface area contributed by atoms with Gasteiger partial charge in [-0.2, -0.15) is 0 Å². The predicted molar refractivity (Wildman–Crippen MR) is 100 cm³/mol. The van der Waals surface area contributed by atoms with Gasteiger partial charge in [-0.1, -0.05) is 37.6 Å². The molecule has 0 heterocycles. The summed E-state index contributed by atoms with van der Waals surface area (Å²) in [6, 6.07) is 14.9. The maximum Gasteiger partial charge on any atom is 0.264 e. The van der Waals surface area contributed by atoms with E-state index in [-0.39, 0.29) is 16.8 Å². The van der Waals surface area contributed by atoms with Gasteiger partial charge in [0.25, 0.3) is 15.9 Å². The molecule has 0 bridgehead atoms. The number of rotatable bonds is 7. The molecule has 0 aliphatic carbocycles. The third kappa shape index (κ3) is 4.60. The lowest BCUT2D eigenvalue weighted by molar-refractivity contribution is 0.0938. The SMILES string of the molecule is CCC[C@H](C)NC(=O)c1cccc(N(C)S(=O)(=O)c2ccccc2)c1. The van der Waals surface area contributed by atoms with Gasteiger partial charge in [-0.3, -0.25) is 9.10 Å². The molecule has 0 aromatic heterocycles. The van der Waals surface area contributed by atoms with E-state index in [9.17, 15) is 13.2 Å². The third-order valence-electron chi connectivity index (χ3n) is 3.97. The van der Waals surface area contributed by atoms with Gasteiger partial charge < -0.3 is 5.32 Å². The summed E-state index contributed by atoms with van der Waals surface area (Å²) in [5, 5.41) is 2.93. The Morgan fingerprint density at radius 2 is 1.80 bits per heavy atom. The number of hydrogen-bond donors (Lipinski definition) is 1. The number of nitrogens with zero attached hydrogens (tertiary/aromatic N) is 1. The van der Waals surface area contributed by atoms with E-state index in [0.29, 0.717) is 11.3 Å². The molecule has 5 nitrogen and oxygen atoms in total. The maximum absolute atomic E-state index is 12.7. The molecule has 6 heteroatoms. The average Bonchev–Trinajstić information content (AvgIpc) is 2.62. The molecule has 25 heavy (non-hydrogen) atoms. The van der Waals surface area contributed by atoms with Crippen molar-refractivity contribution in [2.75, 3.05) is 11.4 Å². The van der Waals surface area contributed by atoms with Gasteiger partial charge in [0.2, 0.25) is 0 Å². The van der Waals surface area contributed by atoms with Crippen LogP contribution in [0.3, 0.4) is 0 Å². The molecule has 1 amide bonds. The Labute approximate surface area is 149 Å². The highest BCUT2D eigenvalue weighted by molar-refractivity contribution is 7.92. The van der Waals surface area contributed by atoms with Crippen molar-refractivity contribution in [3.05, 3.63) is 60.2 Å². The van der Waals surface area contributed by atoms with Crippen LogP contribution >= 0.6 is 0 Å². The fraction of sp³-hybridized carbons (Fsp3) is 0.316. The monoisotopic (exact) mass is 360 g/mol. The Morgan fingerprint density at radius 1 is 1.12 bits per heavy atom. The smallest absolute Gasteiger partial charge is 0.264 e. The highest BCUT2D eigenvalue weighted by Gasteiger charge is 2.21. The molecule has 0 aliphatic heterocycles. The van der Waals surface area contributed by atoms with E-state index in [0.717, 1.165) is 12.8 Å². The normalized spacial score (nSPS) is 12.4. The van der Waals surface area contributed by atoms with Crippen LogP contribution in [0.15, 0.2) is 59.5 Å². The lowest BCUT2D eigenvalue weighted by Gasteiger charge is -2.20. The Morgan fingerprint density at radius 3 is 2.44 bits per heavy atom. The fourth-order valence-corrected chi connectivity index (χ4v) is 3.75. The van der Waals surface area contributed by atoms with Crippen molar-refractivity contribution >= 4 is 21.6 Å². The van der Waals surface area contributed by atoms with E-state index in [1.54, 1.807) is 54.6 Å². The van der Waals surface area contributed by atoms with Crippen LogP contribution in [0.25, 0.3) is 0 Å². The van der Waals surface area contributed by atoms with Crippen LogP contribution in [0.4, 0.5) is 5.69 Å². The van der Waals surface area contributed by atoms with Crippen molar-refractivity contribution in [3.8, 4) is 0 Å². The van der Waals surface area contributed by atoms with Gasteiger partial charge in [0, 0.05) is 18.7 Å². The molecule has 0 saturated carbocycles. The van der Waals surface area contributed by atoms with Crippen molar-refractivity contribution in [1.29, 1.82) is 0 Å². The number of sulfonamides is 1. The predicted octanol–water partition coefficient (Wildman–Crippen LogP) is 3.43. The molecule has 0 unspecified atom stereocenters. The minimum absolute atomic E-state index is 0.0759. The summed E-state index contributed by atoms with van der Waals surface area (Å²) in [5.74, 6) is -0.201. The number of carbonyl (C=O) groups is 1. The average molecular weight is 360 g/mol. The molecule has 2 rings (SSSR count). The number of amides is 1. The molecule has 0 saturated heterocycles. The Kier molecular flexibility index (Phi) is 6.20. The van der Waals surface area contributed by atoms with Crippen molar-refractivity contribution in [2.24, 2.45) is 0 Å². The molecule has 0 aliphatic rings. The first-order valence-corrected chi connectivity index (χ1v) is 9.75. The molecule has 2 aromatic rings. The summed E-state index contributed by atoms with van der Waals surface area (Å²) in [7, 11) is -2.18. The number of carbonyl (C=O) groups excluding carboxylic acids is 1. The third-order valence-corrected chi connectivity index (χ3v) is 5.77. The topological polar surface area (TPSA) is 66.5 Å². The summed E-state index contributed by atoms with van der Waals surface area (Å²) >= 11 is 0. The zero-order valence-electron chi connectivity index (χ0n) is 14.8. The van der Waals surface area contributed by atoms with Crippen LogP contribution in [0.5, 0.6) is 0 Å². The van der Waals surface area contributed by atoms with Crippen molar-refractivity contribution < 1.29 is 13.2 Å². The van der Waals surface area contributed by atoms with Crippen LogP contribution in [-0.2, 0) is 10.0 Å². The number of benzene rings is 2. The Hall–Kier alpha value is -2.34. The molecular formula is C19H24N2O3S. The van der Waals surface area contributed by atoms with E-state index in [2.05, 4.69) is 12.2 Å². The Balaban J connectivity index is 2.25. The number of nitrogens with one attached hydrogen (secondary N) is 1. The van der Waals surface area contributed by atoms with Gasteiger partial charge in [-0.15, -0.1) is 0 Å². The largest absolute Gasteiger partial charge is 0.350 e. The summed E-state index contributed by atoms with van der Waals surface area (Å²) in [6.45, 7) is 4.02. The molecule has 1 atom stereocenters. The summed E-state index contributed by atoms with van der Waals surface area (Å²) < 4.78 is 26.6. The maximum atomic E-state index is 12.7. The second-order valence-corrected chi connectivity index (χ2v) is 7.97. The van der Waals surface area contributed by atoms with E-state index in [1.807, 2.05) is 6.92 Å². The van der Waals surface area contributed by atoms with Gasteiger partial charge in [0.1, 0.15) is 0 Å². The first-order chi connectivity index (χ1) is 11.9. The minimum atomic E-state index is -3.66. The van der Waals surface area contributed by atoms with Gasteiger partial charge in [-0.05, 0) is 43.7 Å². The highest BCUT2D eigenvalue weighted by Crippen LogP contribution is 2.22. The second kappa shape index (κ2) is 8.16. The first kappa shape index (κ1) is 19.0. The summed E-state index contributed by atoms with van der Waals surface area (Å²) in [5.41, 5.74) is 0.884. The van der Waals surface area contributed by atoms with Gasteiger partial charge in [-0.25, -0.2) is 8.42 Å². The molecule has 0 radical (unpaired) electrons. The van der Waals surface area contributed by atoms with Crippen molar-refractivity contribution in [2.45, 2.75) is 37.6 Å². The summed E-state index contributed by atoms with van der Waals surface area (Å²) in [6.07, 6.45) is 1.88. The van der Waals surface area contributed by atoms with Crippen LogP contribution in [0.2, 0.25) is 0 Å². The fourth-order valence-electron chi connectivity index (χ4n) is 2.54.